The number of amides is 2. The molecule has 0 aliphatic carbocycles. The maximum Gasteiger partial charge on any atom is 0.244 e. The highest BCUT2D eigenvalue weighted by Crippen LogP contribution is 2.22. The number of anilines is 1. The molecular weight excluding hydrogens is 452 g/mol. The topological polar surface area (TPSA) is 86.8 Å². The Bertz CT molecular complexity index is 1060. The van der Waals surface area contributed by atoms with Gasteiger partial charge in [0.25, 0.3) is 0 Å². The minimum absolute atomic E-state index is 0.0592. The molecule has 0 aliphatic heterocycles. The van der Waals surface area contributed by atoms with E-state index in [1.807, 2.05) is 6.92 Å². The first-order valence-corrected chi connectivity index (χ1v) is 12.4. The molecule has 7 nitrogen and oxygen atoms in total. The van der Waals surface area contributed by atoms with Crippen molar-refractivity contribution < 1.29 is 26.8 Å². The Kier molecular flexibility index (Phi) is 9.33. The molecule has 2 aromatic rings. The second-order valence-electron chi connectivity index (χ2n) is 7.69. The molecule has 0 heterocycles. The molecule has 0 spiro atoms. The Balaban J connectivity index is 2.34. The van der Waals surface area contributed by atoms with Gasteiger partial charge in [0.1, 0.15) is 24.2 Å². The van der Waals surface area contributed by atoms with E-state index in [9.17, 15) is 26.8 Å². The molecule has 0 aromatic heterocycles. The fourth-order valence-electron chi connectivity index (χ4n) is 3.15. The highest BCUT2D eigenvalue weighted by Gasteiger charge is 2.30. The first-order valence-electron chi connectivity index (χ1n) is 10.6. The predicted octanol–water partition coefficient (Wildman–Crippen LogP) is 3.06. The SMILES string of the molecule is CCCCNC(=O)[C@@H](C)N(Cc1ccc(F)cc1)C(=O)CN(c1ccccc1F)S(C)(=O)=O. The Morgan fingerprint density at radius 1 is 1.06 bits per heavy atom. The van der Waals surface area contributed by atoms with E-state index in [2.05, 4.69) is 5.32 Å². The predicted molar refractivity (Wildman–Crippen MR) is 123 cm³/mol. The van der Waals surface area contributed by atoms with Crippen LogP contribution < -0.4 is 9.62 Å². The summed E-state index contributed by atoms with van der Waals surface area (Å²) < 4.78 is 53.1. The maximum absolute atomic E-state index is 14.3. The van der Waals surface area contributed by atoms with Crippen molar-refractivity contribution in [3.05, 3.63) is 65.7 Å². The first-order chi connectivity index (χ1) is 15.5. The summed E-state index contributed by atoms with van der Waals surface area (Å²) in [6.07, 6.45) is 2.51. The summed E-state index contributed by atoms with van der Waals surface area (Å²) in [5.41, 5.74) is 0.282. The van der Waals surface area contributed by atoms with E-state index in [-0.39, 0.29) is 12.2 Å². The number of halogens is 2. The van der Waals surface area contributed by atoms with Gasteiger partial charge >= 0.3 is 0 Å². The highest BCUT2D eigenvalue weighted by molar-refractivity contribution is 7.92. The highest BCUT2D eigenvalue weighted by atomic mass is 32.2. The van der Waals surface area contributed by atoms with Crippen LogP contribution in [-0.2, 0) is 26.2 Å². The lowest BCUT2D eigenvalue weighted by Crippen LogP contribution is -2.51. The quantitative estimate of drug-likeness (QED) is 0.500. The number of hydrogen-bond acceptors (Lipinski definition) is 4. The van der Waals surface area contributed by atoms with Crippen LogP contribution in [0.5, 0.6) is 0 Å². The smallest absolute Gasteiger partial charge is 0.244 e. The fourth-order valence-corrected chi connectivity index (χ4v) is 4.00. The normalized spacial score (nSPS) is 12.2. The van der Waals surface area contributed by atoms with Crippen LogP contribution in [0.4, 0.5) is 14.5 Å². The second kappa shape index (κ2) is 11.7. The van der Waals surface area contributed by atoms with Gasteiger partial charge in [0, 0.05) is 13.1 Å². The minimum atomic E-state index is -4.02. The largest absolute Gasteiger partial charge is 0.354 e. The van der Waals surface area contributed by atoms with Crippen LogP contribution >= 0.6 is 0 Å². The van der Waals surface area contributed by atoms with Crippen molar-refractivity contribution in [1.82, 2.24) is 10.2 Å². The van der Waals surface area contributed by atoms with Gasteiger partial charge in [-0.3, -0.25) is 13.9 Å². The Morgan fingerprint density at radius 2 is 1.70 bits per heavy atom. The van der Waals surface area contributed by atoms with Crippen molar-refractivity contribution in [2.75, 3.05) is 23.7 Å². The van der Waals surface area contributed by atoms with Gasteiger partial charge in [-0.1, -0.05) is 37.6 Å². The monoisotopic (exact) mass is 481 g/mol. The molecule has 0 aliphatic rings. The molecule has 33 heavy (non-hydrogen) atoms. The van der Waals surface area contributed by atoms with Gasteiger partial charge in [-0.25, -0.2) is 17.2 Å². The lowest BCUT2D eigenvalue weighted by molar-refractivity contribution is -0.139. The molecule has 2 rings (SSSR count). The first kappa shape index (κ1) is 26.2. The summed E-state index contributed by atoms with van der Waals surface area (Å²) in [5, 5.41) is 2.75. The van der Waals surface area contributed by atoms with Gasteiger partial charge in [-0.2, -0.15) is 0 Å². The summed E-state index contributed by atoms with van der Waals surface area (Å²) in [4.78, 5) is 27.1. The second-order valence-corrected chi connectivity index (χ2v) is 9.60. The molecule has 0 fully saturated rings. The molecule has 1 N–H and O–H groups in total. The summed E-state index contributed by atoms with van der Waals surface area (Å²) in [6.45, 7) is 3.17. The molecule has 2 amide bonds. The molecular formula is C23H29F2N3O4S. The van der Waals surface area contributed by atoms with Crippen LogP contribution in [0.1, 0.15) is 32.3 Å². The Morgan fingerprint density at radius 3 is 2.27 bits per heavy atom. The van der Waals surface area contributed by atoms with E-state index in [1.165, 1.54) is 54.3 Å². The van der Waals surface area contributed by atoms with E-state index in [1.54, 1.807) is 0 Å². The van der Waals surface area contributed by atoms with Crippen molar-refractivity contribution in [3.63, 3.8) is 0 Å². The Labute approximate surface area is 193 Å². The van der Waals surface area contributed by atoms with Crippen molar-refractivity contribution >= 4 is 27.5 Å². The number of carbonyl (C=O) groups excluding carboxylic acids is 2. The summed E-state index contributed by atoms with van der Waals surface area (Å²) >= 11 is 0. The number of nitrogens with one attached hydrogen (secondary N) is 1. The van der Waals surface area contributed by atoms with E-state index >= 15 is 0 Å². The lowest BCUT2D eigenvalue weighted by atomic mass is 10.1. The van der Waals surface area contributed by atoms with Crippen LogP contribution in [0.15, 0.2) is 48.5 Å². The van der Waals surface area contributed by atoms with Crippen molar-refractivity contribution in [2.24, 2.45) is 0 Å². The number of rotatable bonds is 11. The van der Waals surface area contributed by atoms with Gasteiger partial charge in [0.05, 0.1) is 11.9 Å². The van der Waals surface area contributed by atoms with Gasteiger partial charge in [-0.05, 0) is 43.2 Å². The molecule has 10 heteroatoms. The summed E-state index contributed by atoms with van der Waals surface area (Å²) in [7, 11) is -4.02. The maximum atomic E-state index is 14.3. The minimum Gasteiger partial charge on any atom is -0.354 e. The number of sulfonamides is 1. The average Bonchev–Trinajstić information content (AvgIpc) is 2.76. The van der Waals surface area contributed by atoms with Crippen molar-refractivity contribution in [1.29, 1.82) is 0 Å². The van der Waals surface area contributed by atoms with E-state index in [0.29, 0.717) is 16.4 Å². The number of carbonyl (C=O) groups is 2. The molecule has 1 atom stereocenters. The number of nitrogens with zero attached hydrogens (tertiary/aromatic N) is 2. The summed E-state index contributed by atoms with van der Waals surface area (Å²) in [5.74, 6) is -2.36. The van der Waals surface area contributed by atoms with Crippen molar-refractivity contribution in [3.8, 4) is 0 Å². The fraction of sp³-hybridized carbons (Fsp3) is 0.391. The zero-order valence-electron chi connectivity index (χ0n) is 18.9. The molecule has 0 bridgehead atoms. The molecule has 180 valence electrons. The van der Waals surface area contributed by atoms with Crippen LogP contribution in [0, 0.1) is 11.6 Å². The third kappa shape index (κ3) is 7.52. The van der Waals surface area contributed by atoms with Gasteiger partial charge < -0.3 is 10.2 Å². The summed E-state index contributed by atoms with van der Waals surface area (Å²) in [6, 6.07) is 9.68. The number of para-hydroxylation sites is 1. The van der Waals surface area contributed by atoms with Gasteiger partial charge in [0.15, 0.2) is 0 Å². The van der Waals surface area contributed by atoms with Gasteiger partial charge in [-0.15, -0.1) is 0 Å². The molecule has 0 saturated carbocycles. The van der Waals surface area contributed by atoms with Crippen LogP contribution in [0.3, 0.4) is 0 Å². The molecule has 2 aromatic carbocycles. The van der Waals surface area contributed by atoms with Crippen LogP contribution in [0.25, 0.3) is 0 Å². The standard InChI is InChI=1S/C23H29F2N3O4S/c1-4-5-14-26-23(30)17(2)27(15-18-10-12-19(24)13-11-18)22(29)16-28(33(3,31)32)21-9-7-6-8-20(21)25/h6-13,17H,4-5,14-16H2,1-3H3,(H,26,30)/t17-/m1/s1. The molecule has 0 saturated heterocycles. The third-order valence-electron chi connectivity index (χ3n) is 5.06. The van der Waals surface area contributed by atoms with Crippen molar-refractivity contribution in [2.45, 2.75) is 39.3 Å². The van der Waals surface area contributed by atoms with Crippen LogP contribution in [0.2, 0.25) is 0 Å². The number of unbranched alkanes of at least 4 members (excludes halogenated alkanes) is 1. The molecule has 0 unspecified atom stereocenters. The Hall–Kier alpha value is -3.01. The lowest BCUT2D eigenvalue weighted by Gasteiger charge is -2.31. The zero-order valence-corrected chi connectivity index (χ0v) is 19.7. The van der Waals surface area contributed by atoms with Crippen LogP contribution in [-0.4, -0.2) is 50.5 Å². The zero-order chi connectivity index (χ0) is 24.6. The number of benzene rings is 2. The van der Waals surface area contributed by atoms with E-state index in [4.69, 9.17) is 0 Å². The van der Waals surface area contributed by atoms with E-state index in [0.717, 1.165) is 25.2 Å². The number of hydrogen-bond donors (Lipinski definition) is 1. The van der Waals surface area contributed by atoms with Gasteiger partial charge in [0.2, 0.25) is 21.8 Å². The van der Waals surface area contributed by atoms with E-state index < -0.39 is 46.1 Å². The third-order valence-corrected chi connectivity index (χ3v) is 6.19. The average molecular weight is 482 g/mol. The molecule has 0 radical (unpaired) electrons.